The Morgan fingerprint density at radius 2 is 1.68 bits per heavy atom. The summed E-state index contributed by atoms with van der Waals surface area (Å²) in [5.41, 5.74) is 1.11. The molecule has 25 heavy (non-hydrogen) atoms. The van der Waals surface area contributed by atoms with Gasteiger partial charge in [0.1, 0.15) is 0 Å². The van der Waals surface area contributed by atoms with Gasteiger partial charge < -0.3 is 20.1 Å². The molecular formula is C18H22N2O5. The molecule has 0 spiro atoms. The van der Waals surface area contributed by atoms with Crippen molar-refractivity contribution in [1.29, 1.82) is 0 Å². The summed E-state index contributed by atoms with van der Waals surface area (Å²) in [7, 11) is 0. The van der Waals surface area contributed by atoms with E-state index in [0.29, 0.717) is 30.8 Å². The van der Waals surface area contributed by atoms with Gasteiger partial charge in [0.25, 0.3) is 5.91 Å². The van der Waals surface area contributed by atoms with E-state index in [1.165, 1.54) is 0 Å². The van der Waals surface area contributed by atoms with Crippen molar-refractivity contribution in [2.24, 2.45) is 11.8 Å². The molecule has 2 fully saturated rings. The Hall–Kier alpha value is -2.41. The molecule has 3 rings (SSSR count). The van der Waals surface area contributed by atoms with Crippen molar-refractivity contribution in [3.8, 4) is 0 Å². The zero-order chi connectivity index (χ0) is 18.1. The molecule has 1 saturated carbocycles. The average Bonchev–Trinajstić information content (AvgIpc) is 3.35. The number of nitrogens with one attached hydrogen (secondary N) is 1. The second-order valence-corrected chi connectivity index (χ2v) is 6.82. The minimum Gasteiger partial charge on any atom is -0.481 e. The number of carboxylic acid groups (broad SMARTS) is 1. The van der Waals surface area contributed by atoms with Crippen LogP contribution in [0.25, 0.3) is 0 Å². The zero-order valence-corrected chi connectivity index (χ0v) is 14.3. The van der Waals surface area contributed by atoms with E-state index in [1.54, 1.807) is 29.2 Å². The van der Waals surface area contributed by atoms with Gasteiger partial charge in [-0.1, -0.05) is 0 Å². The van der Waals surface area contributed by atoms with Gasteiger partial charge in [0.2, 0.25) is 5.91 Å². The summed E-state index contributed by atoms with van der Waals surface area (Å²) in [6.07, 6.45) is 0.393. The van der Waals surface area contributed by atoms with Gasteiger partial charge >= 0.3 is 5.97 Å². The predicted molar refractivity (Wildman–Crippen MR) is 90.2 cm³/mol. The number of carbonyl (C=O) groups excluding carboxylic acids is 2. The fourth-order valence-corrected chi connectivity index (χ4v) is 3.22. The van der Waals surface area contributed by atoms with E-state index in [1.807, 2.05) is 13.8 Å². The van der Waals surface area contributed by atoms with Crippen LogP contribution in [0.5, 0.6) is 0 Å². The lowest BCUT2D eigenvalue weighted by Gasteiger charge is -2.35. The van der Waals surface area contributed by atoms with Crippen LogP contribution in [0, 0.1) is 11.8 Å². The fourth-order valence-electron chi connectivity index (χ4n) is 3.22. The number of nitrogens with zero attached hydrogens (tertiary/aromatic N) is 1. The van der Waals surface area contributed by atoms with Crippen LogP contribution in [0.1, 0.15) is 30.6 Å². The second-order valence-electron chi connectivity index (χ2n) is 6.82. The van der Waals surface area contributed by atoms with E-state index in [-0.39, 0.29) is 24.0 Å². The van der Waals surface area contributed by atoms with Gasteiger partial charge in [0.15, 0.2) is 0 Å². The molecule has 0 bridgehead atoms. The van der Waals surface area contributed by atoms with E-state index < -0.39 is 17.8 Å². The van der Waals surface area contributed by atoms with Crippen LogP contribution < -0.4 is 5.32 Å². The summed E-state index contributed by atoms with van der Waals surface area (Å²) in [5.74, 6) is -2.33. The average molecular weight is 346 g/mol. The number of carbonyl (C=O) groups is 3. The monoisotopic (exact) mass is 346 g/mol. The Balaban J connectivity index is 1.59. The van der Waals surface area contributed by atoms with Crippen LogP contribution in [0.3, 0.4) is 0 Å². The number of benzene rings is 1. The summed E-state index contributed by atoms with van der Waals surface area (Å²) < 4.78 is 5.64. The number of amides is 2. The zero-order valence-electron chi connectivity index (χ0n) is 14.3. The highest BCUT2D eigenvalue weighted by Crippen LogP contribution is 2.39. The third-order valence-electron chi connectivity index (χ3n) is 4.55. The smallest absolute Gasteiger partial charge is 0.307 e. The molecule has 1 saturated heterocycles. The van der Waals surface area contributed by atoms with E-state index in [0.717, 1.165) is 0 Å². The molecule has 1 aliphatic heterocycles. The minimum atomic E-state index is -0.935. The second kappa shape index (κ2) is 6.84. The Bertz CT molecular complexity index is 677. The summed E-state index contributed by atoms with van der Waals surface area (Å²) in [4.78, 5) is 37.1. The highest BCUT2D eigenvalue weighted by Gasteiger charge is 2.48. The van der Waals surface area contributed by atoms with Gasteiger partial charge in [-0.15, -0.1) is 0 Å². The Morgan fingerprint density at radius 3 is 2.20 bits per heavy atom. The molecule has 1 aromatic carbocycles. The SMILES string of the molecule is CC1CN(C(=O)c2ccc(NC(=O)C3CC3C(=O)O)cc2)CC(C)O1. The molecular weight excluding hydrogens is 324 g/mol. The molecule has 1 heterocycles. The third-order valence-corrected chi connectivity index (χ3v) is 4.55. The van der Waals surface area contributed by atoms with Gasteiger partial charge in [-0.25, -0.2) is 0 Å². The van der Waals surface area contributed by atoms with Crippen molar-refractivity contribution in [1.82, 2.24) is 4.90 Å². The van der Waals surface area contributed by atoms with Gasteiger partial charge in [0.05, 0.1) is 24.0 Å². The number of ether oxygens (including phenoxy) is 1. The number of rotatable bonds is 4. The van der Waals surface area contributed by atoms with Crippen molar-refractivity contribution in [3.05, 3.63) is 29.8 Å². The highest BCUT2D eigenvalue weighted by molar-refractivity contribution is 5.99. The van der Waals surface area contributed by atoms with E-state index in [4.69, 9.17) is 9.84 Å². The summed E-state index contributed by atoms with van der Waals surface area (Å²) in [6, 6.07) is 6.67. The Kier molecular flexibility index (Phi) is 4.76. The molecule has 0 radical (unpaired) electrons. The van der Waals surface area contributed by atoms with Crippen LogP contribution in [0.4, 0.5) is 5.69 Å². The van der Waals surface area contributed by atoms with Crippen LogP contribution in [0.2, 0.25) is 0 Å². The van der Waals surface area contributed by atoms with Crippen LogP contribution >= 0.6 is 0 Å². The number of carboxylic acids is 1. The van der Waals surface area contributed by atoms with E-state index in [2.05, 4.69) is 5.32 Å². The molecule has 4 atom stereocenters. The van der Waals surface area contributed by atoms with Gasteiger partial charge in [0, 0.05) is 24.3 Å². The molecule has 1 aromatic rings. The van der Waals surface area contributed by atoms with Crippen molar-refractivity contribution >= 4 is 23.5 Å². The van der Waals surface area contributed by atoms with Crippen LogP contribution in [0.15, 0.2) is 24.3 Å². The number of hydrogen-bond acceptors (Lipinski definition) is 4. The molecule has 0 aromatic heterocycles. The Labute approximate surface area is 146 Å². The lowest BCUT2D eigenvalue weighted by molar-refractivity contribution is -0.139. The summed E-state index contributed by atoms with van der Waals surface area (Å²) in [5, 5.41) is 11.6. The molecule has 7 nitrogen and oxygen atoms in total. The van der Waals surface area contributed by atoms with Gasteiger partial charge in [-0.2, -0.15) is 0 Å². The van der Waals surface area contributed by atoms with E-state index in [9.17, 15) is 14.4 Å². The maximum atomic E-state index is 12.6. The standard InChI is InChI=1S/C18H22N2O5/c1-10-8-20(9-11(2)25-10)17(22)12-3-5-13(6-4-12)19-16(21)14-7-15(14)18(23)24/h3-6,10-11,14-15H,7-9H2,1-2H3,(H,19,21)(H,23,24). The highest BCUT2D eigenvalue weighted by atomic mass is 16.5. The lowest BCUT2D eigenvalue weighted by Crippen LogP contribution is -2.48. The maximum absolute atomic E-state index is 12.6. The molecule has 2 N–H and O–H groups in total. The van der Waals surface area contributed by atoms with Crippen molar-refractivity contribution < 1.29 is 24.2 Å². The quantitative estimate of drug-likeness (QED) is 0.863. The maximum Gasteiger partial charge on any atom is 0.307 e. The number of hydrogen-bond donors (Lipinski definition) is 2. The van der Waals surface area contributed by atoms with Crippen molar-refractivity contribution in [2.45, 2.75) is 32.5 Å². The lowest BCUT2D eigenvalue weighted by atomic mass is 10.1. The Morgan fingerprint density at radius 1 is 1.08 bits per heavy atom. The number of morpholine rings is 1. The first kappa shape index (κ1) is 17.4. The molecule has 2 aliphatic rings. The first-order valence-corrected chi connectivity index (χ1v) is 8.43. The first-order valence-electron chi connectivity index (χ1n) is 8.43. The number of aliphatic carboxylic acids is 1. The first-order chi connectivity index (χ1) is 11.8. The van der Waals surface area contributed by atoms with Crippen molar-refractivity contribution in [3.63, 3.8) is 0 Å². The minimum absolute atomic E-state index is 0.00647. The normalized spacial score (nSPS) is 28.3. The molecule has 4 unspecified atom stereocenters. The van der Waals surface area contributed by atoms with Gasteiger partial charge in [-0.3, -0.25) is 14.4 Å². The topological polar surface area (TPSA) is 95.9 Å². The fraction of sp³-hybridized carbons (Fsp3) is 0.500. The molecule has 134 valence electrons. The predicted octanol–water partition coefficient (Wildman–Crippen LogP) is 1.60. The third kappa shape index (κ3) is 3.99. The van der Waals surface area contributed by atoms with E-state index >= 15 is 0 Å². The molecule has 7 heteroatoms. The largest absolute Gasteiger partial charge is 0.481 e. The van der Waals surface area contributed by atoms with Crippen LogP contribution in [-0.2, 0) is 14.3 Å². The summed E-state index contributed by atoms with van der Waals surface area (Å²) in [6.45, 7) is 4.99. The molecule has 2 amide bonds. The van der Waals surface area contributed by atoms with Gasteiger partial charge in [-0.05, 0) is 44.5 Å². The molecule has 1 aliphatic carbocycles. The van der Waals surface area contributed by atoms with Crippen LogP contribution in [-0.4, -0.2) is 53.1 Å². The summed E-state index contributed by atoms with van der Waals surface area (Å²) >= 11 is 0. The van der Waals surface area contributed by atoms with Crippen molar-refractivity contribution in [2.75, 3.05) is 18.4 Å². The number of anilines is 1.